The van der Waals surface area contributed by atoms with E-state index in [0.29, 0.717) is 25.7 Å². The number of carbonyl (C=O) groups is 8. The number of para-hydroxylation sites is 5. The molecule has 0 fully saturated rings. The van der Waals surface area contributed by atoms with Crippen LogP contribution in [0.1, 0.15) is 177 Å². The zero-order valence-corrected chi connectivity index (χ0v) is 80.6. The number of ether oxygens (including phenoxy) is 6. The van der Waals surface area contributed by atoms with E-state index in [1.54, 1.807) is 75.3 Å². The van der Waals surface area contributed by atoms with E-state index < -0.39 is 96.6 Å². The Morgan fingerprint density at radius 2 is 0.696 bits per heavy atom. The maximum absolute atomic E-state index is 12.1. The van der Waals surface area contributed by atoms with E-state index in [4.69, 9.17) is 44.4 Å². The fraction of sp³-hybridized carbons (Fsp3) is 0.416. The second-order valence-corrected chi connectivity index (χ2v) is 29.8. The minimum atomic E-state index is -3.67. The standard InChI is InChI=1S/C19H26N2O4.C19H24N2O4.C17H21BrN2O4.C14H17NO2.C13H16N2O2.C2H3.5CH4.BF3.K.5H2S/c2*1-6-12-8-7-9-14-13(11-20-16(12)14)10-15(17(22)24-5)21-18(23)25-19(2,3)4;1-17(2,3)24-16(22)20-13(15(21)23-4)8-10-9-19-14-11(10)6-5-7-12(14)18;1-3-10-5-4-6-12-11(8-15-13(10)12)7-9(2)14(16)17;1-2-8-4-3-5-10-9(7-15-12(8)10)6-11(14)13(16)17;1-2;;;;;;2-1(3)4;;;;;;/h7-9,11,15,20H,6,10H2,1-5H3,(H,21,23);6-9,11,15,20H,1,10H2,2-5H3,(H,21,23);5-7,9,13,19H,8H2,1-4H3,(H,20,22);4-6,8-9,15H,3,7H2,1-2H3,(H,16,17);3-5,7,11,15H,2,6,14H2,1H3,(H,16,17);1H,2H2;5*1H4;;;5*1H2/q;;;;;-1;;;;;;;+1;;;;;/t2*15-;13-;9-;11-;;;;;;;;;;;;;/m00000............./s1. The molecule has 36 heteroatoms. The Hall–Kier alpha value is -7.88. The van der Waals surface area contributed by atoms with Crippen molar-refractivity contribution in [2.45, 2.75) is 219 Å². The van der Waals surface area contributed by atoms with Crippen molar-refractivity contribution in [1.29, 1.82) is 0 Å². The summed E-state index contributed by atoms with van der Waals surface area (Å²) in [4.78, 5) is 110. The molecule has 696 valence electrons. The second kappa shape index (κ2) is 64.0. The zero-order valence-electron chi connectivity index (χ0n) is 70.9. The fourth-order valence-electron chi connectivity index (χ4n) is 11.9. The number of hydrogen-bond donors (Lipinski definition) is 11. The van der Waals surface area contributed by atoms with Crippen molar-refractivity contribution in [2.24, 2.45) is 11.7 Å². The Morgan fingerprint density at radius 1 is 0.448 bits per heavy atom. The van der Waals surface area contributed by atoms with Crippen molar-refractivity contribution in [3.63, 3.8) is 0 Å². The average Bonchev–Trinajstić information content (AvgIpc) is 1.71. The number of hydrogen-bond acceptors (Lipinski definition) is 15. The minimum Gasteiger partial charge on any atom is -0.521 e. The number of aromatic amines is 5. The number of aromatic nitrogens is 5. The number of amides is 3. The van der Waals surface area contributed by atoms with Gasteiger partial charge in [0.1, 0.15) is 41.0 Å². The SMILES string of the molecule is C.C.C.C.C.C=Cc1cccc2c(C[C@H](NC(=O)OC(C)(C)C)C(=O)OC)c[nH]c12.CCc1cccc2c(C[C@H](C)C(=O)O)c[nH]c12.CCc1cccc2c(C[C@H](N)C(=O)O)c[nH]c12.CCc1cccc2c(C[C@H](NC(=O)OC(C)(C)C)C(=O)OC)c[nH]c12.COC(=O)[C@H](Cc1c[nH]c2c(Br)cccc12)NC(=O)OC(C)(C)C.FB(F)F.S.S.S.S.S.[CH-]=C.[K+]. The van der Waals surface area contributed by atoms with Crippen molar-refractivity contribution in [3.05, 3.63) is 196 Å². The summed E-state index contributed by atoms with van der Waals surface area (Å²) in [6.45, 7) is 34.7. The van der Waals surface area contributed by atoms with E-state index in [2.05, 4.69) is 122 Å². The van der Waals surface area contributed by atoms with Crippen LogP contribution in [0.15, 0.2) is 140 Å². The number of methoxy groups -OCH3 is 3. The van der Waals surface area contributed by atoms with Crippen LogP contribution in [0.2, 0.25) is 0 Å². The molecule has 0 aliphatic heterocycles. The van der Waals surface area contributed by atoms with Crippen molar-refractivity contribution in [3.8, 4) is 0 Å². The molecular formula is C89H137BBrF3KN9O16S5. The Kier molecular flexibility index (Phi) is 67.9. The number of nitrogens with one attached hydrogen (secondary N) is 8. The molecule has 125 heavy (non-hydrogen) atoms. The number of esters is 3. The summed E-state index contributed by atoms with van der Waals surface area (Å²) >= 11 is 3.48. The molecule has 12 N–H and O–H groups in total. The molecule has 25 nitrogen and oxygen atoms in total. The van der Waals surface area contributed by atoms with E-state index in [1.165, 1.54) is 38.0 Å². The first-order valence-corrected chi connectivity index (χ1v) is 37.5. The molecule has 0 aliphatic rings. The van der Waals surface area contributed by atoms with Gasteiger partial charge in [-0.15, -0.1) is 0 Å². The number of aryl methyl sites for hydroxylation is 3. The van der Waals surface area contributed by atoms with Crippen LogP contribution in [-0.2, 0) is 104 Å². The van der Waals surface area contributed by atoms with Crippen LogP contribution in [0.5, 0.6) is 0 Å². The number of nitrogens with two attached hydrogens (primary N) is 1. The van der Waals surface area contributed by atoms with E-state index in [9.17, 15) is 51.3 Å². The van der Waals surface area contributed by atoms with E-state index >= 15 is 0 Å². The average molecular weight is 1940 g/mol. The summed E-state index contributed by atoms with van der Waals surface area (Å²) in [6, 6.07) is 26.6. The predicted octanol–water partition coefficient (Wildman–Crippen LogP) is 17.2. The van der Waals surface area contributed by atoms with Gasteiger partial charge in [0.05, 0.1) is 38.3 Å². The van der Waals surface area contributed by atoms with Crippen molar-refractivity contribution in [1.82, 2.24) is 40.9 Å². The third kappa shape index (κ3) is 42.7. The van der Waals surface area contributed by atoms with Crippen molar-refractivity contribution < 1.29 is 141 Å². The van der Waals surface area contributed by atoms with E-state index in [1.807, 2.05) is 97.7 Å². The summed E-state index contributed by atoms with van der Waals surface area (Å²) in [6.07, 6.45) is 13.8. The van der Waals surface area contributed by atoms with Crippen molar-refractivity contribution >= 4 is 200 Å². The quantitative estimate of drug-likeness (QED) is 0.0130. The van der Waals surface area contributed by atoms with Gasteiger partial charge in [0, 0.05) is 105 Å². The number of carbonyl (C=O) groups excluding carboxylic acids is 6. The summed E-state index contributed by atoms with van der Waals surface area (Å²) in [5, 5.41) is 30.7. The van der Waals surface area contributed by atoms with Gasteiger partial charge in [-0.1, -0.05) is 162 Å². The van der Waals surface area contributed by atoms with Gasteiger partial charge < -0.3 is 91.8 Å². The van der Waals surface area contributed by atoms with Crippen LogP contribution in [0, 0.1) is 12.5 Å². The number of rotatable bonds is 22. The summed E-state index contributed by atoms with van der Waals surface area (Å²) in [5.74, 6) is -3.62. The summed E-state index contributed by atoms with van der Waals surface area (Å²) in [5.41, 5.74) is 18.3. The molecule has 5 atom stereocenters. The topological polar surface area (TPSA) is 373 Å². The smallest absolute Gasteiger partial charge is 0.521 e. The first-order chi connectivity index (χ1) is 53.7. The van der Waals surface area contributed by atoms with E-state index in [-0.39, 0.29) is 168 Å². The maximum Gasteiger partial charge on any atom is 1.00 e. The number of aliphatic carboxylic acids is 2. The number of carboxylic acid groups (broad SMARTS) is 2. The minimum absolute atomic E-state index is 0. The molecule has 0 saturated heterocycles. The van der Waals surface area contributed by atoms with Gasteiger partial charge in [0.2, 0.25) is 0 Å². The molecule has 10 aromatic rings. The van der Waals surface area contributed by atoms with Gasteiger partial charge in [0.15, 0.2) is 0 Å². The Morgan fingerprint density at radius 3 is 0.960 bits per heavy atom. The zero-order chi connectivity index (χ0) is 85.5. The normalized spacial score (nSPS) is 11.2. The number of benzene rings is 5. The second-order valence-electron chi connectivity index (χ2n) is 28.9. The van der Waals surface area contributed by atoms with Crippen LogP contribution in [0.4, 0.5) is 27.3 Å². The predicted molar refractivity (Wildman–Crippen MR) is 528 cm³/mol. The van der Waals surface area contributed by atoms with Crippen LogP contribution in [-0.4, -0.2) is 153 Å². The maximum atomic E-state index is 12.1. The van der Waals surface area contributed by atoms with Gasteiger partial charge in [-0.05, 0) is 160 Å². The molecule has 0 spiro atoms. The Labute approximate surface area is 822 Å². The fourth-order valence-corrected chi connectivity index (χ4v) is 12.4. The van der Waals surface area contributed by atoms with Crippen LogP contribution < -0.4 is 73.1 Å². The van der Waals surface area contributed by atoms with Crippen LogP contribution >= 0.6 is 83.4 Å². The third-order valence-corrected chi connectivity index (χ3v) is 17.8. The van der Waals surface area contributed by atoms with Gasteiger partial charge in [-0.25, -0.2) is 28.8 Å². The molecule has 0 aliphatic carbocycles. The molecule has 5 heterocycles. The Balaban J connectivity index is -0.000000221. The molecule has 10 rings (SSSR count). The van der Waals surface area contributed by atoms with Gasteiger partial charge in [-0.2, -0.15) is 67.5 Å². The molecule has 0 radical (unpaired) electrons. The number of fused-ring (bicyclic) bond motifs is 5. The molecule has 0 bridgehead atoms. The molecule has 0 unspecified atom stereocenters. The summed E-state index contributed by atoms with van der Waals surface area (Å²) < 4.78 is 60.1. The molecule has 3 amide bonds. The van der Waals surface area contributed by atoms with Gasteiger partial charge in [0.25, 0.3) is 0 Å². The van der Waals surface area contributed by atoms with Crippen LogP contribution in [0.25, 0.3) is 60.6 Å². The number of alkyl carbamates (subject to hydrolysis) is 3. The van der Waals surface area contributed by atoms with Crippen molar-refractivity contribution in [2.75, 3.05) is 21.3 Å². The summed E-state index contributed by atoms with van der Waals surface area (Å²) in [7, 11) is 0.214. The number of carboxylic acids is 2. The first kappa shape index (κ1) is 133. The molecule has 5 aromatic heterocycles. The molecule has 0 saturated carbocycles. The largest absolute Gasteiger partial charge is 1.00 e. The van der Waals surface area contributed by atoms with Gasteiger partial charge >= 0.3 is 107 Å². The van der Waals surface area contributed by atoms with Crippen LogP contribution in [0.3, 0.4) is 0 Å². The molecular weight excluding hydrogens is 1800 g/mol. The van der Waals surface area contributed by atoms with Gasteiger partial charge in [-0.3, -0.25) is 29.1 Å². The number of halogens is 4. The third-order valence-electron chi connectivity index (χ3n) is 17.1. The first-order valence-electron chi connectivity index (χ1n) is 36.7. The Bertz CT molecular complexity index is 4790. The number of H-pyrrole nitrogens is 5. The van der Waals surface area contributed by atoms with E-state index in [0.717, 1.165) is 112 Å². The monoisotopic (exact) mass is 1930 g/mol. The molecule has 5 aromatic carbocycles.